The van der Waals surface area contributed by atoms with Gasteiger partial charge in [0.15, 0.2) is 5.79 Å². The van der Waals surface area contributed by atoms with Crippen LogP contribution in [0.1, 0.15) is 67.3 Å². The van der Waals surface area contributed by atoms with Crippen molar-refractivity contribution in [3.05, 3.63) is 53.1 Å². The Bertz CT molecular complexity index is 1160. The van der Waals surface area contributed by atoms with Gasteiger partial charge in [0.25, 0.3) is 0 Å². The smallest absolute Gasteiger partial charge is 0.338 e. The Morgan fingerprint density at radius 2 is 1.79 bits per heavy atom. The molecule has 1 amide bonds. The first kappa shape index (κ1) is 25.4. The maximum absolute atomic E-state index is 13.3. The number of hydrogen-bond acceptors (Lipinski definition) is 7. The maximum atomic E-state index is 13.3. The molecule has 2 heterocycles. The second-order valence-corrected chi connectivity index (χ2v) is 12.0. The van der Waals surface area contributed by atoms with E-state index in [1.54, 1.807) is 12.1 Å². The van der Waals surface area contributed by atoms with E-state index in [1.165, 1.54) is 0 Å². The van der Waals surface area contributed by atoms with Crippen molar-refractivity contribution in [2.75, 3.05) is 13.2 Å². The Balaban J connectivity index is 1.04. The average Bonchev–Trinajstić information content (AvgIpc) is 3.81. The van der Waals surface area contributed by atoms with Crippen LogP contribution in [-0.4, -0.2) is 66.4 Å². The number of fused-ring (bicyclic) bond motifs is 2. The monoisotopic (exact) mass is 535 g/mol. The van der Waals surface area contributed by atoms with Gasteiger partial charge in [-0.1, -0.05) is 24.3 Å². The van der Waals surface area contributed by atoms with Crippen molar-refractivity contribution in [1.82, 2.24) is 5.32 Å². The number of hydrogen-bond donors (Lipinski definition) is 2. The molecule has 6 aliphatic rings. The number of ether oxygens (including phenoxy) is 4. The zero-order chi connectivity index (χ0) is 26.6. The predicted octanol–water partition coefficient (Wildman–Crippen LogP) is 3.53. The quantitative estimate of drug-likeness (QED) is 0.368. The number of esters is 1. The summed E-state index contributed by atoms with van der Waals surface area (Å²) < 4.78 is 24.9. The summed E-state index contributed by atoms with van der Waals surface area (Å²) in [5.41, 5.74) is 2.01. The van der Waals surface area contributed by atoms with E-state index in [9.17, 15) is 9.59 Å². The van der Waals surface area contributed by atoms with E-state index in [0.29, 0.717) is 41.1 Å². The second kappa shape index (κ2) is 10.1. The van der Waals surface area contributed by atoms with Crippen LogP contribution in [0.2, 0.25) is 0 Å². The number of amides is 1. The van der Waals surface area contributed by atoms with Crippen LogP contribution < -0.4 is 5.32 Å². The molecule has 0 bridgehead atoms. The summed E-state index contributed by atoms with van der Waals surface area (Å²) in [7, 11) is 0. The molecule has 7 rings (SSSR count). The van der Waals surface area contributed by atoms with Crippen LogP contribution in [0.15, 0.2) is 42.0 Å². The fourth-order valence-corrected chi connectivity index (χ4v) is 6.65. The van der Waals surface area contributed by atoms with Crippen molar-refractivity contribution in [3.63, 3.8) is 0 Å². The lowest BCUT2D eigenvalue weighted by Crippen LogP contribution is -2.44. The van der Waals surface area contributed by atoms with Crippen molar-refractivity contribution in [2.45, 2.75) is 87.7 Å². The molecule has 3 unspecified atom stereocenters. The molecule has 2 N–H and O–H groups in total. The summed E-state index contributed by atoms with van der Waals surface area (Å²) in [5.74, 6) is -0.0814. The van der Waals surface area contributed by atoms with Crippen molar-refractivity contribution >= 4 is 18.0 Å². The Morgan fingerprint density at radius 1 is 1.03 bits per heavy atom. The average molecular weight is 536 g/mol. The third-order valence-corrected chi connectivity index (χ3v) is 9.11. The molecule has 1 aromatic rings. The minimum absolute atomic E-state index is 0.142. The van der Waals surface area contributed by atoms with Gasteiger partial charge in [-0.15, -0.1) is 0 Å². The largest absolute Gasteiger partial charge is 0.456 e. The standard InChI is InChI=1S/C31H37NO7/c33-14-13-32-29(34)21-16-26(28-27(17-21)38-31(39-28,22-8-9-22)23-10-11-23)37-30(35)20-6-3-18(4-7-20)1-2-19-5-12-24-25(15-19)36-24/h1-4,6-7,17,19,22-28,33H,5,8-16H2,(H,32,34)/t19?,24?,25?,26-,27-,28+/m1/s1. The topological polar surface area (TPSA) is 107 Å². The number of aliphatic hydroxyl groups excluding tert-OH is 1. The fourth-order valence-electron chi connectivity index (χ4n) is 6.65. The van der Waals surface area contributed by atoms with E-state index < -0.39 is 30.1 Å². The van der Waals surface area contributed by atoms with Crippen molar-refractivity contribution in [1.29, 1.82) is 0 Å². The summed E-state index contributed by atoms with van der Waals surface area (Å²) >= 11 is 0. The number of aliphatic hydroxyl groups is 1. The molecule has 0 radical (unpaired) electrons. The van der Waals surface area contributed by atoms with Crippen molar-refractivity contribution < 1.29 is 33.6 Å². The highest BCUT2D eigenvalue weighted by molar-refractivity contribution is 5.94. The highest BCUT2D eigenvalue weighted by Gasteiger charge is 2.64. The lowest BCUT2D eigenvalue weighted by molar-refractivity contribution is -0.209. The third kappa shape index (κ3) is 5.20. The van der Waals surface area contributed by atoms with Gasteiger partial charge >= 0.3 is 5.97 Å². The van der Waals surface area contributed by atoms with E-state index in [-0.39, 0.29) is 25.5 Å². The van der Waals surface area contributed by atoms with Crippen LogP contribution in [0.25, 0.3) is 6.08 Å². The number of allylic oxidation sites excluding steroid dienone is 1. The zero-order valence-corrected chi connectivity index (χ0v) is 22.1. The van der Waals surface area contributed by atoms with E-state index in [0.717, 1.165) is 50.5 Å². The van der Waals surface area contributed by atoms with Crippen molar-refractivity contribution in [2.24, 2.45) is 17.8 Å². The molecule has 5 fully saturated rings. The van der Waals surface area contributed by atoms with Gasteiger partial charge in [-0.2, -0.15) is 0 Å². The molecule has 4 aliphatic carbocycles. The number of nitrogens with one attached hydrogen (secondary N) is 1. The van der Waals surface area contributed by atoms with Gasteiger partial charge in [-0.3, -0.25) is 4.79 Å². The van der Waals surface area contributed by atoms with E-state index in [1.807, 2.05) is 18.2 Å². The first-order valence-electron chi connectivity index (χ1n) is 14.6. The minimum atomic E-state index is -0.638. The van der Waals surface area contributed by atoms with Crippen LogP contribution in [-0.2, 0) is 23.7 Å². The molecule has 2 saturated heterocycles. The van der Waals surface area contributed by atoms with Crippen LogP contribution in [0, 0.1) is 17.8 Å². The maximum Gasteiger partial charge on any atom is 0.338 e. The molecule has 1 aromatic carbocycles. The number of rotatable bonds is 9. The Labute approximate surface area is 228 Å². The van der Waals surface area contributed by atoms with Gasteiger partial charge < -0.3 is 29.4 Å². The zero-order valence-electron chi connectivity index (χ0n) is 22.1. The molecule has 8 heteroatoms. The Kier molecular flexibility index (Phi) is 6.62. The summed E-state index contributed by atoms with van der Waals surface area (Å²) in [6, 6.07) is 7.45. The minimum Gasteiger partial charge on any atom is -0.456 e. The van der Waals surface area contributed by atoms with Gasteiger partial charge in [0.1, 0.15) is 18.3 Å². The fraction of sp³-hybridized carbons (Fsp3) is 0.613. The molecule has 3 saturated carbocycles. The summed E-state index contributed by atoms with van der Waals surface area (Å²) in [4.78, 5) is 26.1. The molecule has 2 aliphatic heterocycles. The second-order valence-electron chi connectivity index (χ2n) is 12.0. The van der Waals surface area contributed by atoms with Crippen molar-refractivity contribution in [3.8, 4) is 0 Å². The lowest BCUT2D eigenvalue weighted by atomic mass is 9.89. The van der Waals surface area contributed by atoms with Gasteiger partial charge in [0.2, 0.25) is 5.91 Å². The first-order chi connectivity index (χ1) is 19.0. The predicted molar refractivity (Wildman–Crippen MR) is 141 cm³/mol. The first-order valence-corrected chi connectivity index (χ1v) is 14.6. The molecule has 6 atom stereocenters. The molecular formula is C31H37NO7. The number of benzene rings is 1. The third-order valence-electron chi connectivity index (χ3n) is 9.11. The number of carbonyl (C=O) groups is 2. The molecule has 208 valence electrons. The summed E-state index contributed by atoms with van der Waals surface area (Å²) in [5, 5.41) is 11.9. The van der Waals surface area contributed by atoms with E-state index >= 15 is 0 Å². The van der Waals surface area contributed by atoms with E-state index in [2.05, 4.69) is 17.5 Å². The van der Waals surface area contributed by atoms with Gasteiger partial charge in [0, 0.05) is 30.4 Å². The van der Waals surface area contributed by atoms with Crippen LogP contribution in [0.3, 0.4) is 0 Å². The molecule has 0 aromatic heterocycles. The molecular weight excluding hydrogens is 498 g/mol. The van der Waals surface area contributed by atoms with Crippen LogP contribution >= 0.6 is 0 Å². The van der Waals surface area contributed by atoms with E-state index in [4.69, 9.17) is 24.1 Å². The van der Waals surface area contributed by atoms with Crippen LogP contribution in [0.5, 0.6) is 0 Å². The van der Waals surface area contributed by atoms with Crippen LogP contribution in [0.4, 0.5) is 0 Å². The Hall–Kier alpha value is -2.52. The Morgan fingerprint density at radius 3 is 2.49 bits per heavy atom. The van der Waals surface area contributed by atoms with Gasteiger partial charge in [-0.05, 0) is 74.6 Å². The molecule has 39 heavy (non-hydrogen) atoms. The molecule has 8 nitrogen and oxygen atoms in total. The normalized spacial score (nSPS) is 34.6. The summed E-state index contributed by atoms with van der Waals surface area (Å²) in [6.07, 6.45) is 13.6. The number of carbonyl (C=O) groups excluding carboxylic acids is 2. The lowest BCUT2D eigenvalue weighted by Gasteiger charge is -2.31. The highest BCUT2D eigenvalue weighted by atomic mass is 16.8. The highest BCUT2D eigenvalue weighted by Crippen LogP contribution is 2.59. The van der Waals surface area contributed by atoms with Gasteiger partial charge in [-0.25, -0.2) is 4.79 Å². The SMILES string of the molecule is O=C(NCCO)C1=C[C@H]2OC(C3CC3)(C3CC3)O[C@H]2[C@H](OC(=O)c2ccc(C=CC3CCC4OC4C3)cc2)C1. The molecule has 0 spiro atoms. The van der Waals surface area contributed by atoms with Gasteiger partial charge in [0.05, 0.1) is 24.4 Å². The number of epoxide rings is 1. The summed E-state index contributed by atoms with van der Waals surface area (Å²) in [6.45, 7) is 0.0212.